The first-order chi connectivity index (χ1) is 12.9. The lowest BCUT2D eigenvalue weighted by atomic mass is 10.1. The molecule has 0 aliphatic carbocycles. The fourth-order valence-electron chi connectivity index (χ4n) is 2.76. The molecule has 0 unspecified atom stereocenters. The van der Waals surface area contributed by atoms with Gasteiger partial charge in [0.2, 0.25) is 0 Å². The van der Waals surface area contributed by atoms with Crippen LogP contribution < -0.4 is 5.32 Å². The van der Waals surface area contributed by atoms with Crippen LogP contribution in [0, 0.1) is 0 Å². The number of benzene rings is 2. The van der Waals surface area contributed by atoms with E-state index in [1.54, 1.807) is 41.1 Å². The van der Waals surface area contributed by atoms with Crippen LogP contribution in [0.25, 0.3) is 16.9 Å². The highest BCUT2D eigenvalue weighted by Crippen LogP contribution is 2.32. The fourth-order valence-corrected chi connectivity index (χ4v) is 2.76. The number of hydrogen-bond acceptors (Lipinski definition) is 4. The number of nitrogens with zero attached hydrogens (tertiary/aromatic N) is 3. The van der Waals surface area contributed by atoms with Gasteiger partial charge in [-0.05, 0) is 42.5 Å². The predicted molar refractivity (Wildman–Crippen MR) is 94.8 cm³/mol. The Morgan fingerprint density at radius 2 is 1.78 bits per heavy atom. The summed E-state index contributed by atoms with van der Waals surface area (Å²) in [6, 6.07) is 11.5. The van der Waals surface area contributed by atoms with Gasteiger partial charge in [0.1, 0.15) is 5.75 Å². The van der Waals surface area contributed by atoms with E-state index in [9.17, 15) is 18.3 Å². The normalized spacial score (nSPS) is 11.7. The molecule has 136 valence electrons. The van der Waals surface area contributed by atoms with Gasteiger partial charge in [-0.1, -0.05) is 6.07 Å². The molecule has 0 saturated heterocycles. The second-order valence-electron chi connectivity index (χ2n) is 5.86. The van der Waals surface area contributed by atoms with Crippen LogP contribution in [0.3, 0.4) is 0 Å². The number of anilines is 2. The molecule has 0 aliphatic rings. The molecule has 0 aliphatic heterocycles. The van der Waals surface area contributed by atoms with Gasteiger partial charge in [-0.3, -0.25) is 4.40 Å². The van der Waals surface area contributed by atoms with E-state index in [-0.39, 0.29) is 11.4 Å². The van der Waals surface area contributed by atoms with E-state index in [0.717, 1.165) is 23.4 Å². The maximum absolute atomic E-state index is 12.9. The van der Waals surface area contributed by atoms with Crippen molar-refractivity contribution in [2.75, 3.05) is 5.32 Å². The summed E-state index contributed by atoms with van der Waals surface area (Å²) in [5.41, 5.74) is 1.58. The summed E-state index contributed by atoms with van der Waals surface area (Å²) < 4.78 is 40.5. The Morgan fingerprint density at radius 3 is 2.52 bits per heavy atom. The molecule has 5 nitrogen and oxygen atoms in total. The largest absolute Gasteiger partial charge is 0.508 e. The number of halogens is 3. The molecule has 4 rings (SSSR count). The molecular formula is C19H13F3N4O. The quantitative estimate of drug-likeness (QED) is 0.540. The molecule has 0 spiro atoms. The van der Waals surface area contributed by atoms with Crippen molar-refractivity contribution in [3.05, 3.63) is 72.7 Å². The third-order valence-electron chi connectivity index (χ3n) is 4.04. The number of aromatic hydroxyl groups is 1. The fraction of sp³-hybridized carbons (Fsp3) is 0.0526. The number of phenols is 1. The van der Waals surface area contributed by atoms with Crippen molar-refractivity contribution in [3.63, 3.8) is 0 Å². The topological polar surface area (TPSA) is 62.5 Å². The summed E-state index contributed by atoms with van der Waals surface area (Å²) >= 11 is 0. The summed E-state index contributed by atoms with van der Waals surface area (Å²) in [5, 5.41) is 12.3. The summed E-state index contributed by atoms with van der Waals surface area (Å²) in [4.78, 5) is 8.54. The number of nitrogens with one attached hydrogen (secondary N) is 1. The van der Waals surface area contributed by atoms with E-state index in [0.29, 0.717) is 11.5 Å². The molecule has 8 heteroatoms. The molecule has 2 aromatic carbocycles. The molecule has 0 amide bonds. The van der Waals surface area contributed by atoms with Crippen LogP contribution in [0.15, 0.2) is 67.1 Å². The van der Waals surface area contributed by atoms with Gasteiger partial charge in [0.05, 0.1) is 17.5 Å². The zero-order valence-corrected chi connectivity index (χ0v) is 13.8. The predicted octanol–water partition coefficient (Wildman–Crippen LogP) is 4.86. The lowest BCUT2D eigenvalue weighted by Crippen LogP contribution is -2.05. The number of rotatable bonds is 3. The zero-order chi connectivity index (χ0) is 19.0. The second-order valence-corrected chi connectivity index (χ2v) is 5.86. The number of imidazole rings is 1. The Morgan fingerprint density at radius 1 is 1.00 bits per heavy atom. The van der Waals surface area contributed by atoms with Crippen LogP contribution in [0.4, 0.5) is 24.7 Å². The van der Waals surface area contributed by atoms with E-state index >= 15 is 0 Å². The standard InChI is InChI=1S/C19H13F3N4O/c20-19(21,22)13-2-1-3-14(10-13)25-17-18-24-11-16(26(18)9-8-23-17)12-4-6-15(27)7-5-12/h1-11,27H,(H,23,25). The zero-order valence-electron chi connectivity index (χ0n) is 13.8. The van der Waals surface area contributed by atoms with Crippen molar-refractivity contribution < 1.29 is 18.3 Å². The first kappa shape index (κ1) is 16.9. The first-order valence-corrected chi connectivity index (χ1v) is 7.97. The molecule has 2 aromatic heterocycles. The van der Waals surface area contributed by atoms with Gasteiger partial charge in [-0.15, -0.1) is 0 Å². The summed E-state index contributed by atoms with van der Waals surface area (Å²) in [6.07, 6.45) is 0.466. The minimum absolute atomic E-state index is 0.154. The average molecular weight is 370 g/mol. The van der Waals surface area contributed by atoms with E-state index in [1.165, 1.54) is 18.3 Å². The van der Waals surface area contributed by atoms with Crippen molar-refractivity contribution in [3.8, 4) is 17.0 Å². The van der Waals surface area contributed by atoms with E-state index in [1.807, 2.05) is 0 Å². The minimum atomic E-state index is -4.42. The SMILES string of the molecule is Oc1ccc(-c2cnc3c(Nc4cccc(C(F)(F)F)c4)nccn23)cc1. The van der Waals surface area contributed by atoms with Crippen LogP contribution in [0.1, 0.15) is 5.56 Å². The lowest BCUT2D eigenvalue weighted by Gasteiger charge is -2.11. The van der Waals surface area contributed by atoms with E-state index in [4.69, 9.17) is 0 Å². The van der Waals surface area contributed by atoms with Crippen LogP contribution in [0.5, 0.6) is 5.75 Å². The van der Waals surface area contributed by atoms with Gasteiger partial charge in [-0.2, -0.15) is 13.2 Å². The Balaban J connectivity index is 1.73. The second kappa shape index (κ2) is 6.31. The highest BCUT2D eigenvalue weighted by Gasteiger charge is 2.30. The molecule has 0 fully saturated rings. The van der Waals surface area contributed by atoms with Crippen molar-refractivity contribution in [2.45, 2.75) is 6.18 Å². The molecular weight excluding hydrogens is 357 g/mol. The van der Waals surface area contributed by atoms with Gasteiger partial charge in [0, 0.05) is 23.6 Å². The smallest absolute Gasteiger partial charge is 0.416 e. The highest BCUT2D eigenvalue weighted by atomic mass is 19.4. The van der Waals surface area contributed by atoms with Crippen LogP contribution >= 0.6 is 0 Å². The third kappa shape index (κ3) is 3.29. The molecule has 2 N–H and O–H groups in total. The summed E-state index contributed by atoms with van der Waals surface area (Å²) in [7, 11) is 0. The number of hydrogen-bond donors (Lipinski definition) is 2. The van der Waals surface area contributed by atoms with Gasteiger partial charge in [-0.25, -0.2) is 9.97 Å². The molecule has 0 atom stereocenters. The van der Waals surface area contributed by atoms with Crippen molar-refractivity contribution in [2.24, 2.45) is 0 Å². The van der Waals surface area contributed by atoms with Crippen molar-refractivity contribution in [1.82, 2.24) is 14.4 Å². The van der Waals surface area contributed by atoms with Crippen LogP contribution in [0.2, 0.25) is 0 Å². The Bertz CT molecular complexity index is 1100. The molecule has 4 aromatic rings. The van der Waals surface area contributed by atoms with Gasteiger partial charge in [0.15, 0.2) is 11.5 Å². The number of aromatic nitrogens is 3. The van der Waals surface area contributed by atoms with Crippen LogP contribution in [-0.2, 0) is 6.18 Å². The molecule has 0 bridgehead atoms. The van der Waals surface area contributed by atoms with Gasteiger partial charge in [0.25, 0.3) is 0 Å². The average Bonchev–Trinajstić information content (AvgIpc) is 3.07. The van der Waals surface area contributed by atoms with E-state index < -0.39 is 11.7 Å². The Hall–Kier alpha value is -3.55. The van der Waals surface area contributed by atoms with Crippen molar-refractivity contribution >= 4 is 17.2 Å². The van der Waals surface area contributed by atoms with Gasteiger partial charge < -0.3 is 10.4 Å². The Kier molecular flexibility index (Phi) is 3.95. The highest BCUT2D eigenvalue weighted by molar-refractivity contribution is 5.74. The summed E-state index contributed by atoms with van der Waals surface area (Å²) in [6.45, 7) is 0. The monoisotopic (exact) mass is 370 g/mol. The number of phenolic OH excluding ortho intramolecular Hbond substituents is 1. The molecule has 27 heavy (non-hydrogen) atoms. The maximum atomic E-state index is 12.9. The maximum Gasteiger partial charge on any atom is 0.416 e. The number of alkyl halides is 3. The Labute approximate surface area is 151 Å². The van der Waals surface area contributed by atoms with Crippen molar-refractivity contribution in [1.29, 1.82) is 0 Å². The van der Waals surface area contributed by atoms with E-state index in [2.05, 4.69) is 15.3 Å². The lowest BCUT2D eigenvalue weighted by molar-refractivity contribution is -0.137. The minimum Gasteiger partial charge on any atom is -0.508 e. The molecule has 0 radical (unpaired) electrons. The summed E-state index contributed by atoms with van der Waals surface area (Å²) in [5.74, 6) is 0.489. The third-order valence-corrected chi connectivity index (χ3v) is 4.04. The first-order valence-electron chi connectivity index (χ1n) is 7.97. The number of fused-ring (bicyclic) bond motifs is 1. The molecule has 0 saturated carbocycles. The van der Waals surface area contributed by atoms with Crippen LogP contribution in [-0.4, -0.2) is 19.5 Å². The van der Waals surface area contributed by atoms with Gasteiger partial charge >= 0.3 is 6.18 Å². The molecule has 2 heterocycles.